The summed E-state index contributed by atoms with van der Waals surface area (Å²) in [5, 5.41) is 9.26. The molecule has 0 spiro atoms. The van der Waals surface area contributed by atoms with Crippen molar-refractivity contribution in [3.63, 3.8) is 0 Å². The van der Waals surface area contributed by atoms with Crippen LogP contribution in [0.2, 0.25) is 0 Å². The van der Waals surface area contributed by atoms with Crippen molar-refractivity contribution in [1.29, 1.82) is 5.41 Å². The normalized spacial score (nSPS) is 12.1. The number of hydrogen-bond acceptors (Lipinski definition) is 3. The third-order valence-electron chi connectivity index (χ3n) is 1.04. The average Bonchev–Trinajstić information content (AvgIpc) is 1.97. The third-order valence-corrected chi connectivity index (χ3v) is 1.04. The number of rotatable bonds is 2. The summed E-state index contributed by atoms with van der Waals surface area (Å²) in [5.41, 5.74) is 0.169. The van der Waals surface area contributed by atoms with Gasteiger partial charge >= 0.3 is 6.09 Å². The van der Waals surface area contributed by atoms with Crippen LogP contribution in [0.4, 0.5) is 4.79 Å². The van der Waals surface area contributed by atoms with Crippen LogP contribution in [0.25, 0.3) is 0 Å². The van der Waals surface area contributed by atoms with E-state index in [0.717, 1.165) is 6.21 Å². The summed E-state index contributed by atoms with van der Waals surface area (Å²) in [6.45, 7) is 5.37. The van der Waals surface area contributed by atoms with E-state index < -0.39 is 11.7 Å². The first kappa shape index (κ1) is 11.7. The van der Waals surface area contributed by atoms with Crippen molar-refractivity contribution < 1.29 is 9.53 Å². The second-order valence-corrected chi connectivity index (χ2v) is 3.68. The van der Waals surface area contributed by atoms with Crippen LogP contribution in [0, 0.1) is 5.41 Å². The predicted octanol–water partition coefficient (Wildman–Crippen LogP) is 0.635. The summed E-state index contributed by atoms with van der Waals surface area (Å²) in [6.07, 6.45) is 2.08. The van der Waals surface area contributed by atoms with E-state index in [2.05, 4.69) is 5.32 Å². The van der Waals surface area contributed by atoms with Gasteiger partial charge < -0.3 is 10.1 Å². The zero-order chi connectivity index (χ0) is 10.5. The summed E-state index contributed by atoms with van der Waals surface area (Å²) in [4.78, 5) is 11.0. The van der Waals surface area contributed by atoms with E-state index in [4.69, 9.17) is 10.1 Å². The molecule has 5 heteroatoms. The smallest absolute Gasteiger partial charge is 0.411 e. The largest absolute Gasteiger partial charge is 0.444 e. The molecule has 0 aliphatic rings. The maximum atomic E-state index is 11.0. The maximum absolute atomic E-state index is 11.0. The summed E-state index contributed by atoms with van der Waals surface area (Å²) < 4.78 is 4.96. The number of alkyl carbamates (subject to hydrolysis) is 1. The number of hydrogen-bond donors (Lipinski definition) is 2. The van der Waals surface area contributed by atoms with Gasteiger partial charge in [0.2, 0.25) is 0 Å². The first-order chi connectivity index (χ1) is 5.85. The van der Waals surface area contributed by atoms with Crippen molar-refractivity contribution in [2.75, 3.05) is 0 Å². The van der Waals surface area contributed by atoms with Crippen LogP contribution in [0.3, 0.4) is 0 Å². The molecule has 0 saturated heterocycles. The number of carbonyl (C=O) groups excluding carboxylic acids is 1. The topological polar surface area (TPSA) is 62.2 Å². The second-order valence-electron chi connectivity index (χ2n) is 3.68. The lowest BCUT2D eigenvalue weighted by Crippen LogP contribution is -2.30. The first-order valence-electron chi connectivity index (χ1n) is 4.02. The van der Waals surface area contributed by atoms with Gasteiger partial charge in [0.25, 0.3) is 0 Å². The molecular weight excluding hydrogens is 167 g/mol. The molecule has 72 valence electrons. The van der Waals surface area contributed by atoms with Gasteiger partial charge in [-0.3, -0.25) is 5.32 Å². The van der Waals surface area contributed by atoms with Crippen LogP contribution in [0.15, 0.2) is 11.7 Å². The standard InChI is InChI=1S/C8H15BN2O2/c1-8(2,3)13-7(12)11-5-6(9)4-10/h4-5,10H,9H2,1-3H3,(H,11,12)/b6-5+,10-4?. The Bertz CT molecular complexity index is 231. The highest BCUT2D eigenvalue weighted by atomic mass is 16.6. The van der Waals surface area contributed by atoms with E-state index in [1.807, 2.05) is 0 Å². The highest BCUT2D eigenvalue weighted by molar-refractivity contribution is 6.32. The van der Waals surface area contributed by atoms with Gasteiger partial charge in [-0.15, -0.1) is 0 Å². The lowest BCUT2D eigenvalue weighted by atomic mass is 9.99. The van der Waals surface area contributed by atoms with Crippen molar-refractivity contribution in [2.24, 2.45) is 0 Å². The van der Waals surface area contributed by atoms with Crippen molar-refractivity contribution >= 4 is 20.2 Å². The molecular formula is C8H15BN2O2. The molecule has 2 N–H and O–H groups in total. The predicted molar refractivity (Wildman–Crippen MR) is 54.8 cm³/mol. The lowest BCUT2D eigenvalue weighted by molar-refractivity contribution is 0.0552. The highest BCUT2D eigenvalue weighted by Gasteiger charge is 2.14. The Morgan fingerprint density at radius 2 is 2.08 bits per heavy atom. The van der Waals surface area contributed by atoms with E-state index in [0.29, 0.717) is 5.47 Å². The minimum Gasteiger partial charge on any atom is -0.444 e. The van der Waals surface area contributed by atoms with Crippen molar-refractivity contribution in [3.05, 3.63) is 11.7 Å². The second kappa shape index (κ2) is 4.69. The zero-order valence-electron chi connectivity index (χ0n) is 8.47. The van der Waals surface area contributed by atoms with Gasteiger partial charge in [-0.25, -0.2) is 4.79 Å². The highest BCUT2D eigenvalue weighted by Crippen LogP contribution is 2.06. The summed E-state index contributed by atoms with van der Waals surface area (Å²) in [7, 11) is 1.71. The van der Waals surface area contributed by atoms with E-state index in [1.165, 1.54) is 6.20 Å². The molecule has 0 aliphatic heterocycles. The van der Waals surface area contributed by atoms with E-state index in [9.17, 15) is 4.79 Å². The Morgan fingerprint density at radius 3 is 2.46 bits per heavy atom. The van der Waals surface area contributed by atoms with Gasteiger partial charge in [-0.05, 0) is 20.8 Å². The Morgan fingerprint density at radius 1 is 1.54 bits per heavy atom. The molecule has 1 amide bonds. The molecule has 0 saturated carbocycles. The van der Waals surface area contributed by atoms with Crippen LogP contribution in [0.1, 0.15) is 20.8 Å². The van der Waals surface area contributed by atoms with E-state index in [-0.39, 0.29) is 0 Å². The van der Waals surface area contributed by atoms with Gasteiger partial charge in [0.1, 0.15) is 13.4 Å². The molecule has 0 bridgehead atoms. The molecule has 0 atom stereocenters. The fourth-order valence-electron chi connectivity index (χ4n) is 0.522. The Kier molecular flexibility index (Phi) is 4.24. The Balaban J connectivity index is 3.97. The number of allylic oxidation sites excluding steroid dienone is 1. The van der Waals surface area contributed by atoms with Crippen LogP contribution < -0.4 is 5.32 Å². The lowest BCUT2D eigenvalue weighted by Gasteiger charge is -2.18. The minimum atomic E-state index is -0.506. The minimum absolute atomic E-state index is 0.490. The molecule has 0 unspecified atom stereocenters. The first-order valence-corrected chi connectivity index (χ1v) is 4.02. The van der Waals surface area contributed by atoms with Gasteiger partial charge in [0, 0.05) is 12.4 Å². The third kappa shape index (κ3) is 7.12. The molecule has 13 heavy (non-hydrogen) atoms. The monoisotopic (exact) mass is 182 g/mol. The Hall–Kier alpha value is -1.26. The van der Waals surface area contributed by atoms with Crippen molar-refractivity contribution in [1.82, 2.24) is 5.32 Å². The number of nitrogens with one attached hydrogen (secondary N) is 2. The molecule has 4 nitrogen and oxygen atoms in total. The number of carbonyl (C=O) groups is 1. The molecule has 0 aromatic rings. The van der Waals surface area contributed by atoms with Gasteiger partial charge in [0.15, 0.2) is 0 Å². The van der Waals surface area contributed by atoms with Crippen LogP contribution in [0.5, 0.6) is 0 Å². The van der Waals surface area contributed by atoms with Crippen LogP contribution in [-0.4, -0.2) is 25.8 Å². The summed E-state index contributed by atoms with van der Waals surface area (Å²) in [6, 6.07) is 0. The van der Waals surface area contributed by atoms with E-state index >= 15 is 0 Å². The molecule has 0 aliphatic carbocycles. The molecule has 0 fully saturated rings. The summed E-state index contributed by atoms with van der Waals surface area (Å²) >= 11 is 0. The van der Waals surface area contributed by atoms with Crippen LogP contribution >= 0.6 is 0 Å². The quantitative estimate of drug-likeness (QED) is 0.486. The van der Waals surface area contributed by atoms with Crippen molar-refractivity contribution in [2.45, 2.75) is 26.4 Å². The number of ether oxygens (including phenoxy) is 1. The Labute approximate surface area is 79.3 Å². The molecule has 0 aromatic carbocycles. The van der Waals surface area contributed by atoms with E-state index in [1.54, 1.807) is 28.6 Å². The molecule has 0 aromatic heterocycles. The van der Waals surface area contributed by atoms with Gasteiger partial charge in [-0.2, -0.15) is 0 Å². The fourth-order valence-corrected chi connectivity index (χ4v) is 0.522. The molecule has 0 heterocycles. The van der Waals surface area contributed by atoms with Crippen molar-refractivity contribution in [3.8, 4) is 0 Å². The molecule has 0 rings (SSSR count). The zero-order valence-corrected chi connectivity index (χ0v) is 8.47. The SMILES string of the molecule is B/C(C=N)=C/NC(=O)OC(C)(C)C. The average molecular weight is 182 g/mol. The number of amides is 1. The maximum Gasteiger partial charge on any atom is 0.411 e. The summed E-state index contributed by atoms with van der Waals surface area (Å²) in [5.74, 6) is 0. The fraction of sp³-hybridized carbons (Fsp3) is 0.500. The molecule has 0 radical (unpaired) electrons. The van der Waals surface area contributed by atoms with Gasteiger partial charge in [0.05, 0.1) is 0 Å². The van der Waals surface area contributed by atoms with Crippen LogP contribution in [-0.2, 0) is 4.74 Å². The van der Waals surface area contributed by atoms with Gasteiger partial charge in [-0.1, -0.05) is 5.47 Å².